The zero-order valence-corrected chi connectivity index (χ0v) is 21.3. The Balaban J connectivity index is 1.62. The zero-order valence-electron chi connectivity index (χ0n) is 19.7. The van der Waals surface area contributed by atoms with E-state index in [1.165, 1.54) is 11.8 Å². The molecule has 0 bridgehead atoms. The summed E-state index contributed by atoms with van der Waals surface area (Å²) in [5.74, 6) is 1.12. The van der Waals surface area contributed by atoms with Crippen LogP contribution in [0.1, 0.15) is 34.6 Å². The average molecular weight is 497 g/mol. The minimum Gasteiger partial charge on any atom is -0.494 e. The van der Waals surface area contributed by atoms with E-state index in [-0.39, 0.29) is 11.3 Å². The molecule has 0 aromatic heterocycles. The Hall–Kier alpha value is -2.97. The second-order valence-corrected chi connectivity index (χ2v) is 11.0. The van der Waals surface area contributed by atoms with Crippen molar-refractivity contribution < 1.29 is 17.9 Å². The molecule has 0 radical (unpaired) electrons. The van der Waals surface area contributed by atoms with Gasteiger partial charge in [0.25, 0.3) is 10.0 Å². The molecule has 0 unspecified atom stereocenters. The van der Waals surface area contributed by atoms with Crippen LogP contribution >= 0.6 is 11.8 Å². The summed E-state index contributed by atoms with van der Waals surface area (Å²) in [6, 6.07) is 18.4. The van der Waals surface area contributed by atoms with E-state index in [2.05, 4.69) is 4.72 Å². The summed E-state index contributed by atoms with van der Waals surface area (Å²) < 4.78 is 34.7. The average Bonchev–Trinajstić information content (AvgIpc) is 3.15. The summed E-state index contributed by atoms with van der Waals surface area (Å²) in [6.07, 6.45) is 0. The van der Waals surface area contributed by atoms with E-state index in [0.717, 1.165) is 22.6 Å². The number of nitrogens with zero attached hydrogens (tertiary/aromatic N) is 1. The molecule has 4 rings (SSSR count). The summed E-state index contributed by atoms with van der Waals surface area (Å²) in [5, 5.41) is -0.252. The molecule has 1 fully saturated rings. The van der Waals surface area contributed by atoms with Crippen LogP contribution < -0.4 is 14.4 Å². The number of nitrogens with one attached hydrogen (secondary N) is 1. The van der Waals surface area contributed by atoms with Crippen LogP contribution in [0.5, 0.6) is 5.75 Å². The lowest BCUT2D eigenvalue weighted by atomic mass is 10.1. The van der Waals surface area contributed by atoms with Crippen LogP contribution in [0.2, 0.25) is 0 Å². The van der Waals surface area contributed by atoms with E-state index in [0.29, 0.717) is 34.1 Å². The fraction of sp³-hybridized carbons (Fsp3) is 0.269. The summed E-state index contributed by atoms with van der Waals surface area (Å²) in [5.41, 5.74) is 4.53. The molecule has 8 heteroatoms. The van der Waals surface area contributed by atoms with E-state index >= 15 is 0 Å². The molecule has 0 saturated carbocycles. The Morgan fingerprint density at radius 2 is 1.71 bits per heavy atom. The minimum atomic E-state index is -3.77. The van der Waals surface area contributed by atoms with Gasteiger partial charge in [-0.3, -0.25) is 14.4 Å². The van der Waals surface area contributed by atoms with Gasteiger partial charge >= 0.3 is 0 Å². The number of amides is 1. The third-order valence-corrected chi connectivity index (χ3v) is 8.49. The van der Waals surface area contributed by atoms with Crippen LogP contribution in [0, 0.1) is 20.8 Å². The van der Waals surface area contributed by atoms with Gasteiger partial charge in [-0.2, -0.15) is 0 Å². The Kier molecular flexibility index (Phi) is 6.91. The predicted molar refractivity (Wildman–Crippen MR) is 138 cm³/mol. The number of benzene rings is 3. The van der Waals surface area contributed by atoms with Crippen molar-refractivity contribution in [2.24, 2.45) is 0 Å². The van der Waals surface area contributed by atoms with Crippen LogP contribution in [0.4, 0.5) is 11.4 Å². The van der Waals surface area contributed by atoms with Crippen LogP contribution in [0.3, 0.4) is 0 Å². The van der Waals surface area contributed by atoms with Gasteiger partial charge < -0.3 is 4.74 Å². The Labute approximate surface area is 205 Å². The van der Waals surface area contributed by atoms with E-state index in [1.54, 1.807) is 30.9 Å². The quantitative estimate of drug-likeness (QED) is 0.461. The van der Waals surface area contributed by atoms with Crippen molar-refractivity contribution in [1.29, 1.82) is 0 Å². The number of thioether (sulfide) groups is 1. The summed E-state index contributed by atoms with van der Waals surface area (Å²) in [7, 11) is -3.77. The lowest BCUT2D eigenvalue weighted by Gasteiger charge is -2.25. The largest absolute Gasteiger partial charge is 0.494 e. The third kappa shape index (κ3) is 4.93. The lowest BCUT2D eigenvalue weighted by molar-refractivity contribution is -0.115. The molecular weight excluding hydrogens is 468 g/mol. The second kappa shape index (κ2) is 9.72. The first-order valence-electron chi connectivity index (χ1n) is 11.1. The number of ether oxygens (including phenoxy) is 1. The van der Waals surface area contributed by atoms with Crippen molar-refractivity contribution in [2.75, 3.05) is 22.0 Å². The molecule has 3 aromatic carbocycles. The number of anilines is 2. The van der Waals surface area contributed by atoms with Gasteiger partial charge in [-0.1, -0.05) is 29.8 Å². The highest BCUT2D eigenvalue weighted by molar-refractivity contribution is 8.00. The lowest BCUT2D eigenvalue weighted by Crippen LogP contribution is -2.27. The van der Waals surface area contributed by atoms with Crippen molar-refractivity contribution in [3.63, 3.8) is 0 Å². The normalized spacial score (nSPS) is 16.1. The standard InChI is InChI=1S/C26H28N2O4S2/c1-5-32-23-11-9-22(10-12-23)28-24(29)16-33-26(28)20-7-6-8-21(15-20)27-34(30,31)25-18(3)13-17(2)14-19(25)4/h6-15,26-27H,5,16H2,1-4H3/t26-/m1/s1. The predicted octanol–water partition coefficient (Wildman–Crippen LogP) is 5.59. The maximum atomic E-state index is 13.2. The molecule has 1 amide bonds. The summed E-state index contributed by atoms with van der Waals surface area (Å²) >= 11 is 1.52. The van der Waals surface area contributed by atoms with Crippen LogP contribution in [0.15, 0.2) is 65.6 Å². The number of carbonyl (C=O) groups excluding carboxylic acids is 1. The van der Waals surface area contributed by atoms with Gasteiger partial charge in [0.1, 0.15) is 11.1 Å². The Bertz CT molecular complexity index is 1300. The smallest absolute Gasteiger partial charge is 0.262 e. The molecule has 3 aromatic rings. The monoisotopic (exact) mass is 496 g/mol. The number of carbonyl (C=O) groups is 1. The van der Waals surface area contributed by atoms with Gasteiger partial charge in [-0.15, -0.1) is 11.8 Å². The molecule has 6 nitrogen and oxygen atoms in total. The number of sulfonamides is 1. The van der Waals surface area contributed by atoms with Crippen LogP contribution in [-0.2, 0) is 14.8 Å². The topological polar surface area (TPSA) is 75.7 Å². The summed E-state index contributed by atoms with van der Waals surface area (Å²) in [4.78, 5) is 14.8. The van der Waals surface area contributed by atoms with E-state index < -0.39 is 10.0 Å². The fourth-order valence-corrected chi connectivity index (χ4v) is 7.04. The highest BCUT2D eigenvalue weighted by Gasteiger charge is 2.34. The van der Waals surface area contributed by atoms with E-state index in [9.17, 15) is 13.2 Å². The number of aryl methyl sites for hydroxylation is 3. The first-order valence-corrected chi connectivity index (χ1v) is 13.6. The molecular formula is C26H28N2O4S2. The number of hydrogen-bond donors (Lipinski definition) is 1. The van der Waals surface area contributed by atoms with Gasteiger partial charge in [0.05, 0.1) is 17.3 Å². The first-order chi connectivity index (χ1) is 16.2. The molecule has 34 heavy (non-hydrogen) atoms. The van der Waals surface area contributed by atoms with Crippen molar-refractivity contribution in [2.45, 2.75) is 38.0 Å². The maximum Gasteiger partial charge on any atom is 0.262 e. The van der Waals surface area contributed by atoms with Gasteiger partial charge in [-0.05, 0) is 80.8 Å². The van der Waals surface area contributed by atoms with Gasteiger partial charge in [0, 0.05) is 11.4 Å². The number of hydrogen-bond acceptors (Lipinski definition) is 5. The second-order valence-electron chi connectivity index (χ2n) is 8.31. The third-order valence-electron chi connectivity index (χ3n) is 5.59. The molecule has 1 aliphatic rings. The molecule has 0 spiro atoms. The van der Waals surface area contributed by atoms with Crippen molar-refractivity contribution in [3.8, 4) is 5.75 Å². The summed E-state index contributed by atoms with van der Waals surface area (Å²) in [6.45, 7) is 8.06. The highest BCUT2D eigenvalue weighted by atomic mass is 32.2. The Morgan fingerprint density at radius 3 is 2.35 bits per heavy atom. The van der Waals surface area contributed by atoms with Crippen molar-refractivity contribution in [3.05, 3.63) is 82.9 Å². The van der Waals surface area contributed by atoms with Crippen LogP contribution in [0.25, 0.3) is 0 Å². The Morgan fingerprint density at radius 1 is 1.03 bits per heavy atom. The molecule has 178 valence electrons. The number of rotatable bonds is 7. The molecule has 1 N–H and O–H groups in total. The molecule has 0 aliphatic carbocycles. The van der Waals surface area contributed by atoms with Gasteiger partial charge in [-0.25, -0.2) is 8.42 Å². The zero-order chi connectivity index (χ0) is 24.5. The first kappa shape index (κ1) is 24.2. The molecule has 1 heterocycles. The minimum absolute atomic E-state index is 0.0102. The fourth-order valence-electron chi connectivity index (χ4n) is 4.37. The molecule has 1 saturated heterocycles. The van der Waals surface area contributed by atoms with E-state index in [4.69, 9.17) is 4.74 Å². The van der Waals surface area contributed by atoms with Crippen LogP contribution in [-0.4, -0.2) is 26.7 Å². The van der Waals surface area contributed by atoms with E-state index in [1.807, 2.05) is 62.4 Å². The van der Waals surface area contributed by atoms with Crippen molar-refractivity contribution in [1.82, 2.24) is 0 Å². The molecule has 1 atom stereocenters. The SMILES string of the molecule is CCOc1ccc(N2C(=O)CS[C@@H]2c2cccc(NS(=O)(=O)c3c(C)cc(C)cc3C)c2)cc1. The maximum absolute atomic E-state index is 13.2. The van der Waals surface area contributed by atoms with Gasteiger partial charge in [0.15, 0.2) is 0 Å². The van der Waals surface area contributed by atoms with Gasteiger partial charge in [0.2, 0.25) is 5.91 Å². The highest BCUT2D eigenvalue weighted by Crippen LogP contribution is 2.42. The molecule has 1 aliphatic heterocycles. The van der Waals surface area contributed by atoms with Crippen molar-refractivity contribution >= 4 is 39.1 Å².